The molecule has 20 heavy (non-hydrogen) atoms. The Bertz CT molecular complexity index is 801. The van der Waals surface area contributed by atoms with Gasteiger partial charge in [-0.3, -0.25) is 0 Å². The molecule has 2 aromatic heterocycles. The first-order valence-corrected chi connectivity index (χ1v) is 6.04. The number of hydrogen-bond donors (Lipinski definition) is 0. The lowest BCUT2D eigenvalue weighted by Crippen LogP contribution is -1.88. The van der Waals surface area contributed by atoms with Crippen LogP contribution in [0.1, 0.15) is 11.3 Å². The zero-order valence-corrected chi connectivity index (χ0v) is 10.7. The zero-order chi connectivity index (χ0) is 13.9. The van der Waals surface area contributed by atoms with E-state index in [-0.39, 0.29) is 0 Å². The quantitative estimate of drug-likeness (QED) is 0.709. The molecule has 96 valence electrons. The van der Waals surface area contributed by atoms with Crippen molar-refractivity contribution in [2.24, 2.45) is 0 Å². The van der Waals surface area contributed by atoms with E-state index in [4.69, 9.17) is 9.78 Å². The molecule has 0 aliphatic carbocycles. The highest BCUT2D eigenvalue weighted by molar-refractivity contribution is 5.59. The molecule has 3 aromatic rings. The Morgan fingerprint density at radius 1 is 1.10 bits per heavy atom. The summed E-state index contributed by atoms with van der Waals surface area (Å²) in [6, 6.07) is 14.7. The van der Waals surface area contributed by atoms with Crippen LogP contribution < -0.4 is 0 Å². The maximum Gasteiger partial charge on any atom is 0.258 e. The molecule has 0 bridgehead atoms. The van der Waals surface area contributed by atoms with Crippen molar-refractivity contribution in [1.29, 1.82) is 5.26 Å². The van der Waals surface area contributed by atoms with E-state index < -0.39 is 0 Å². The number of benzene rings is 1. The molecular formula is C15H10N4O. The average Bonchev–Trinajstić information content (AvgIpc) is 2.97. The van der Waals surface area contributed by atoms with Gasteiger partial charge < -0.3 is 4.52 Å². The van der Waals surface area contributed by atoms with Gasteiger partial charge in [-0.15, -0.1) is 0 Å². The summed E-state index contributed by atoms with van der Waals surface area (Å²) in [6.07, 6.45) is 0. The molecule has 5 heteroatoms. The maximum atomic E-state index is 8.90. The second kappa shape index (κ2) is 4.94. The molecule has 0 radical (unpaired) electrons. The smallest absolute Gasteiger partial charge is 0.258 e. The van der Waals surface area contributed by atoms with Gasteiger partial charge in [-0.05, 0) is 37.3 Å². The van der Waals surface area contributed by atoms with Gasteiger partial charge in [0.1, 0.15) is 5.69 Å². The fraction of sp³-hybridized carbons (Fsp3) is 0.0667. The van der Waals surface area contributed by atoms with Gasteiger partial charge in [-0.2, -0.15) is 10.2 Å². The molecular weight excluding hydrogens is 252 g/mol. The first-order chi connectivity index (χ1) is 9.76. The molecule has 0 amide bonds. The van der Waals surface area contributed by atoms with E-state index in [9.17, 15) is 0 Å². The molecule has 0 saturated carbocycles. The Morgan fingerprint density at radius 3 is 2.75 bits per heavy atom. The number of aryl methyl sites for hydroxylation is 1. The summed E-state index contributed by atoms with van der Waals surface area (Å²) >= 11 is 0. The second-order valence-electron chi connectivity index (χ2n) is 4.28. The van der Waals surface area contributed by atoms with Crippen LogP contribution in [-0.4, -0.2) is 15.1 Å². The second-order valence-corrected chi connectivity index (χ2v) is 4.28. The van der Waals surface area contributed by atoms with Crippen LogP contribution in [0.25, 0.3) is 23.0 Å². The van der Waals surface area contributed by atoms with Crippen LogP contribution in [0.4, 0.5) is 0 Å². The van der Waals surface area contributed by atoms with Gasteiger partial charge in [0.25, 0.3) is 5.89 Å². The number of pyridine rings is 1. The van der Waals surface area contributed by atoms with Crippen molar-refractivity contribution in [3.05, 3.63) is 53.7 Å². The van der Waals surface area contributed by atoms with Crippen molar-refractivity contribution in [2.45, 2.75) is 6.92 Å². The van der Waals surface area contributed by atoms with E-state index in [1.807, 2.05) is 31.2 Å². The van der Waals surface area contributed by atoms with Crippen molar-refractivity contribution < 1.29 is 4.52 Å². The van der Waals surface area contributed by atoms with Crippen LogP contribution in [-0.2, 0) is 0 Å². The summed E-state index contributed by atoms with van der Waals surface area (Å²) in [5, 5.41) is 12.8. The molecule has 2 heterocycles. The number of nitrogens with zero attached hydrogens (tertiary/aromatic N) is 4. The van der Waals surface area contributed by atoms with Crippen LogP contribution in [0.3, 0.4) is 0 Å². The fourth-order valence-corrected chi connectivity index (χ4v) is 1.83. The van der Waals surface area contributed by atoms with Crippen LogP contribution in [0.15, 0.2) is 47.0 Å². The van der Waals surface area contributed by atoms with Crippen molar-refractivity contribution in [3.8, 4) is 29.0 Å². The molecule has 0 unspecified atom stereocenters. The number of aromatic nitrogens is 3. The Morgan fingerprint density at radius 2 is 1.95 bits per heavy atom. The molecule has 0 aliphatic heterocycles. The fourth-order valence-electron chi connectivity index (χ4n) is 1.83. The SMILES string of the molecule is Cc1cccc(-c2noc(-c3cccc(C#N)c3)n2)n1. The van der Waals surface area contributed by atoms with Crippen molar-refractivity contribution >= 4 is 0 Å². The van der Waals surface area contributed by atoms with E-state index in [0.717, 1.165) is 11.3 Å². The minimum atomic E-state index is 0.375. The van der Waals surface area contributed by atoms with Gasteiger partial charge in [0.15, 0.2) is 0 Å². The highest BCUT2D eigenvalue weighted by atomic mass is 16.5. The predicted molar refractivity (Wildman–Crippen MR) is 72.4 cm³/mol. The summed E-state index contributed by atoms with van der Waals surface area (Å²) in [7, 11) is 0. The van der Waals surface area contributed by atoms with Crippen LogP contribution >= 0.6 is 0 Å². The summed E-state index contributed by atoms with van der Waals surface area (Å²) in [6.45, 7) is 1.90. The Balaban J connectivity index is 2.00. The Labute approximate surface area is 115 Å². The van der Waals surface area contributed by atoms with Crippen molar-refractivity contribution in [2.75, 3.05) is 0 Å². The summed E-state index contributed by atoms with van der Waals surface area (Å²) in [4.78, 5) is 8.66. The maximum absolute atomic E-state index is 8.90. The summed E-state index contributed by atoms with van der Waals surface area (Å²) < 4.78 is 5.23. The highest BCUT2D eigenvalue weighted by Gasteiger charge is 2.11. The summed E-state index contributed by atoms with van der Waals surface area (Å²) in [5.74, 6) is 0.812. The summed E-state index contributed by atoms with van der Waals surface area (Å²) in [5.41, 5.74) is 2.82. The van der Waals surface area contributed by atoms with Gasteiger partial charge in [0.05, 0.1) is 11.6 Å². The minimum Gasteiger partial charge on any atom is -0.334 e. The van der Waals surface area contributed by atoms with Crippen LogP contribution in [0.5, 0.6) is 0 Å². The molecule has 0 spiro atoms. The van der Waals surface area contributed by atoms with Crippen molar-refractivity contribution in [3.63, 3.8) is 0 Å². The third-order valence-corrected chi connectivity index (χ3v) is 2.78. The number of nitriles is 1. The van der Waals surface area contributed by atoms with Crippen LogP contribution in [0, 0.1) is 18.3 Å². The van der Waals surface area contributed by atoms with E-state index in [2.05, 4.69) is 21.2 Å². The molecule has 0 N–H and O–H groups in total. The first-order valence-electron chi connectivity index (χ1n) is 6.04. The highest BCUT2D eigenvalue weighted by Crippen LogP contribution is 2.21. The van der Waals surface area contributed by atoms with Gasteiger partial charge in [0, 0.05) is 11.3 Å². The topological polar surface area (TPSA) is 75.6 Å². The predicted octanol–water partition coefficient (Wildman–Crippen LogP) is 2.98. The van der Waals surface area contributed by atoms with E-state index in [1.54, 1.807) is 18.2 Å². The standard InChI is InChI=1S/C15H10N4O/c1-10-4-2-7-13(17-10)14-18-15(20-19-14)12-6-3-5-11(8-12)9-16/h2-8H,1H3. The lowest BCUT2D eigenvalue weighted by Gasteiger charge is -1.95. The Hall–Kier alpha value is -3.00. The normalized spacial score (nSPS) is 10.2. The molecule has 0 atom stereocenters. The number of rotatable bonds is 2. The molecule has 0 saturated heterocycles. The van der Waals surface area contributed by atoms with Crippen molar-refractivity contribution in [1.82, 2.24) is 15.1 Å². The molecule has 5 nitrogen and oxygen atoms in total. The third kappa shape index (κ3) is 2.27. The molecule has 0 fully saturated rings. The van der Waals surface area contributed by atoms with Gasteiger partial charge in [-0.1, -0.05) is 17.3 Å². The minimum absolute atomic E-state index is 0.375. The Kier molecular flexibility index (Phi) is 2.98. The lowest BCUT2D eigenvalue weighted by molar-refractivity contribution is 0.432. The molecule has 1 aromatic carbocycles. The third-order valence-electron chi connectivity index (χ3n) is 2.78. The monoisotopic (exact) mass is 262 g/mol. The number of hydrogen-bond acceptors (Lipinski definition) is 5. The van der Waals surface area contributed by atoms with E-state index in [0.29, 0.717) is 23.0 Å². The van der Waals surface area contributed by atoms with Gasteiger partial charge in [0.2, 0.25) is 5.82 Å². The molecule has 3 rings (SSSR count). The average molecular weight is 262 g/mol. The largest absolute Gasteiger partial charge is 0.334 e. The van der Waals surface area contributed by atoms with E-state index >= 15 is 0 Å². The lowest BCUT2D eigenvalue weighted by atomic mass is 10.1. The van der Waals surface area contributed by atoms with Crippen LogP contribution in [0.2, 0.25) is 0 Å². The van der Waals surface area contributed by atoms with Gasteiger partial charge in [-0.25, -0.2) is 4.98 Å². The zero-order valence-electron chi connectivity index (χ0n) is 10.7. The first kappa shape index (κ1) is 12.1. The van der Waals surface area contributed by atoms with Gasteiger partial charge >= 0.3 is 0 Å². The molecule has 0 aliphatic rings. The van der Waals surface area contributed by atoms with E-state index in [1.165, 1.54) is 0 Å².